The molecule has 8 nitrogen and oxygen atoms in total. The Balaban J connectivity index is 1.50. The van der Waals surface area contributed by atoms with Crippen molar-refractivity contribution in [1.29, 1.82) is 0 Å². The molecule has 11 heteroatoms. The van der Waals surface area contributed by atoms with Crippen molar-refractivity contribution < 1.29 is 17.9 Å². The molecular formula is C26H34F3N7O. The van der Waals surface area contributed by atoms with Crippen LogP contribution >= 0.6 is 0 Å². The summed E-state index contributed by atoms with van der Waals surface area (Å²) in [6, 6.07) is 5.33. The van der Waals surface area contributed by atoms with Crippen LogP contribution in [0.25, 0.3) is 11.2 Å². The van der Waals surface area contributed by atoms with Crippen LogP contribution in [0.15, 0.2) is 30.5 Å². The minimum Gasteiger partial charge on any atom is -0.381 e. The lowest BCUT2D eigenvalue weighted by molar-refractivity contribution is -0.137. The molecule has 1 saturated heterocycles. The molecule has 5 rings (SSSR count). The van der Waals surface area contributed by atoms with E-state index in [0.29, 0.717) is 47.9 Å². The number of hydrogen-bond donors (Lipinski definition) is 3. The number of nitrogens with one attached hydrogen (secondary N) is 3. The number of benzene rings is 1. The fourth-order valence-electron chi connectivity index (χ4n) is 5.40. The van der Waals surface area contributed by atoms with E-state index < -0.39 is 11.7 Å². The first-order valence-corrected chi connectivity index (χ1v) is 12.9. The van der Waals surface area contributed by atoms with Crippen molar-refractivity contribution in [2.75, 3.05) is 37.4 Å². The van der Waals surface area contributed by atoms with Crippen LogP contribution in [0.3, 0.4) is 0 Å². The normalized spacial score (nSPS) is 22.2. The smallest absolute Gasteiger partial charge is 0.381 e. The SMILES string of the molecule is CNC[C@H]1CC[C@@H](n2c(Nc3cccc(C(F)(F)F)c3)nc3cnc(NC4(C)CCOCC4)nc32)CC1. The van der Waals surface area contributed by atoms with Gasteiger partial charge in [-0.2, -0.15) is 18.2 Å². The summed E-state index contributed by atoms with van der Waals surface area (Å²) in [6.07, 6.45) is 2.97. The molecule has 1 saturated carbocycles. The molecule has 37 heavy (non-hydrogen) atoms. The summed E-state index contributed by atoms with van der Waals surface area (Å²) in [4.78, 5) is 14.1. The second-order valence-electron chi connectivity index (χ2n) is 10.4. The maximum Gasteiger partial charge on any atom is 0.416 e. The second kappa shape index (κ2) is 10.4. The molecule has 3 aromatic rings. The lowest BCUT2D eigenvalue weighted by Gasteiger charge is -2.34. The fraction of sp³-hybridized carbons (Fsp3) is 0.577. The van der Waals surface area contributed by atoms with Crippen LogP contribution in [0, 0.1) is 5.92 Å². The van der Waals surface area contributed by atoms with Gasteiger partial charge in [0.2, 0.25) is 11.9 Å². The molecule has 2 aromatic heterocycles. The summed E-state index contributed by atoms with van der Waals surface area (Å²) >= 11 is 0. The largest absolute Gasteiger partial charge is 0.416 e. The van der Waals surface area contributed by atoms with E-state index in [1.807, 2.05) is 7.05 Å². The van der Waals surface area contributed by atoms with Crippen LogP contribution in [-0.4, -0.2) is 51.9 Å². The van der Waals surface area contributed by atoms with E-state index in [0.717, 1.165) is 57.2 Å². The van der Waals surface area contributed by atoms with Gasteiger partial charge >= 0.3 is 6.18 Å². The number of alkyl halides is 3. The standard InChI is InChI=1S/C26H34F3N7O/c1-25(10-12-37-13-11-25)35-23-31-16-21-22(34-23)36(20-8-6-17(7-9-20)15-30-2)24(33-21)32-19-5-3-4-18(14-19)26(27,28)29/h3-5,14,16-17,20,30H,6-13,15H2,1-2H3,(H,32,33)(H,31,34,35)/t17-,20+. The third-order valence-electron chi connectivity index (χ3n) is 7.56. The van der Waals surface area contributed by atoms with E-state index in [9.17, 15) is 13.2 Å². The Morgan fingerprint density at radius 1 is 1.11 bits per heavy atom. The number of anilines is 3. The average Bonchev–Trinajstić information content (AvgIpc) is 3.21. The van der Waals surface area contributed by atoms with Crippen LogP contribution in [-0.2, 0) is 10.9 Å². The van der Waals surface area contributed by atoms with E-state index in [4.69, 9.17) is 14.7 Å². The Kier molecular flexibility index (Phi) is 7.26. The quantitative estimate of drug-likeness (QED) is 0.380. The number of fused-ring (bicyclic) bond motifs is 1. The first-order chi connectivity index (χ1) is 17.7. The topological polar surface area (TPSA) is 88.9 Å². The van der Waals surface area contributed by atoms with Gasteiger partial charge in [-0.3, -0.25) is 4.57 Å². The molecule has 2 fully saturated rings. The van der Waals surface area contributed by atoms with Gasteiger partial charge in [-0.05, 0) is 83.2 Å². The highest BCUT2D eigenvalue weighted by Gasteiger charge is 2.32. The predicted octanol–water partition coefficient (Wildman–Crippen LogP) is 5.52. The first-order valence-electron chi connectivity index (χ1n) is 12.9. The molecule has 200 valence electrons. The molecule has 0 radical (unpaired) electrons. The minimum atomic E-state index is -4.42. The third-order valence-corrected chi connectivity index (χ3v) is 7.56. The van der Waals surface area contributed by atoms with Gasteiger partial charge in [0.1, 0.15) is 5.52 Å². The van der Waals surface area contributed by atoms with Crippen molar-refractivity contribution in [3.8, 4) is 0 Å². The van der Waals surface area contributed by atoms with E-state index in [1.54, 1.807) is 12.3 Å². The molecule has 2 aliphatic rings. The molecule has 1 aliphatic heterocycles. The van der Waals surface area contributed by atoms with Crippen molar-refractivity contribution >= 4 is 28.7 Å². The molecule has 0 spiro atoms. The lowest BCUT2D eigenvalue weighted by atomic mass is 9.86. The predicted molar refractivity (Wildman–Crippen MR) is 137 cm³/mol. The number of hydrogen-bond acceptors (Lipinski definition) is 7. The number of imidazole rings is 1. The number of ether oxygens (including phenoxy) is 1. The number of rotatable bonds is 7. The van der Waals surface area contributed by atoms with Gasteiger partial charge in [-0.1, -0.05) is 6.07 Å². The van der Waals surface area contributed by atoms with Gasteiger partial charge < -0.3 is 20.7 Å². The lowest BCUT2D eigenvalue weighted by Crippen LogP contribution is -2.41. The fourth-order valence-corrected chi connectivity index (χ4v) is 5.40. The van der Waals surface area contributed by atoms with Crippen LogP contribution in [0.2, 0.25) is 0 Å². The zero-order valence-corrected chi connectivity index (χ0v) is 21.2. The molecule has 0 amide bonds. The Morgan fingerprint density at radius 2 is 1.86 bits per heavy atom. The third kappa shape index (κ3) is 5.82. The van der Waals surface area contributed by atoms with Gasteiger partial charge in [0, 0.05) is 30.5 Å². The van der Waals surface area contributed by atoms with E-state index in [1.165, 1.54) is 6.07 Å². The van der Waals surface area contributed by atoms with Crippen LogP contribution < -0.4 is 16.0 Å². The Hall–Kier alpha value is -2.92. The monoisotopic (exact) mass is 517 g/mol. The minimum absolute atomic E-state index is 0.132. The van der Waals surface area contributed by atoms with Gasteiger partial charge in [-0.25, -0.2) is 9.97 Å². The molecule has 0 unspecified atom stereocenters. The Morgan fingerprint density at radius 3 is 2.57 bits per heavy atom. The van der Waals surface area contributed by atoms with E-state index >= 15 is 0 Å². The molecule has 1 aliphatic carbocycles. The molecule has 3 N–H and O–H groups in total. The van der Waals surface area contributed by atoms with Crippen LogP contribution in [0.5, 0.6) is 0 Å². The maximum absolute atomic E-state index is 13.3. The molecule has 1 aromatic carbocycles. The first kappa shape index (κ1) is 25.7. The number of nitrogens with zero attached hydrogens (tertiary/aromatic N) is 4. The van der Waals surface area contributed by atoms with E-state index in [2.05, 4.69) is 32.4 Å². The zero-order chi connectivity index (χ0) is 26.0. The summed E-state index contributed by atoms with van der Waals surface area (Å²) in [6.45, 7) is 4.49. The maximum atomic E-state index is 13.3. The summed E-state index contributed by atoms with van der Waals surface area (Å²) in [7, 11) is 1.97. The highest BCUT2D eigenvalue weighted by atomic mass is 19.4. The van der Waals surface area contributed by atoms with Gasteiger partial charge in [0.05, 0.1) is 11.8 Å². The van der Waals surface area contributed by atoms with Gasteiger partial charge in [0.15, 0.2) is 5.65 Å². The molecule has 0 atom stereocenters. The Labute approximate surface area is 214 Å². The summed E-state index contributed by atoms with van der Waals surface area (Å²) in [5, 5.41) is 9.91. The van der Waals surface area contributed by atoms with Crippen LogP contribution in [0.4, 0.5) is 30.8 Å². The number of aromatic nitrogens is 4. The number of halogens is 3. The Bertz CT molecular complexity index is 1210. The van der Waals surface area contributed by atoms with Crippen molar-refractivity contribution in [2.24, 2.45) is 5.92 Å². The van der Waals surface area contributed by atoms with Crippen molar-refractivity contribution in [1.82, 2.24) is 24.8 Å². The zero-order valence-electron chi connectivity index (χ0n) is 21.2. The average molecular weight is 518 g/mol. The van der Waals surface area contributed by atoms with Crippen molar-refractivity contribution in [3.05, 3.63) is 36.0 Å². The molecule has 0 bridgehead atoms. The van der Waals surface area contributed by atoms with E-state index in [-0.39, 0.29) is 11.6 Å². The summed E-state index contributed by atoms with van der Waals surface area (Å²) in [5.41, 5.74) is 0.746. The van der Waals surface area contributed by atoms with Crippen molar-refractivity contribution in [3.63, 3.8) is 0 Å². The summed E-state index contributed by atoms with van der Waals surface area (Å²) < 4.78 is 47.5. The molecular weight excluding hydrogens is 483 g/mol. The van der Waals surface area contributed by atoms with Gasteiger partial charge in [0.25, 0.3) is 0 Å². The van der Waals surface area contributed by atoms with Crippen LogP contribution in [0.1, 0.15) is 57.1 Å². The molecule has 3 heterocycles. The van der Waals surface area contributed by atoms with Gasteiger partial charge in [-0.15, -0.1) is 0 Å². The van der Waals surface area contributed by atoms with Crippen molar-refractivity contribution in [2.45, 2.75) is 63.2 Å². The highest BCUT2D eigenvalue weighted by Crippen LogP contribution is 2.38. The summed E-state index contributed by atoms with van der Waals surface area (Å²) in [5.74, 6) is 1.61. The second-order valence-corrected chi connectivity index (χ2v) is 10.4. The highest BCUT2D eigenvalue weighted by molar-refractivity contribution is 5.76.